The molecule has 0 aromatic rings. The maximum atomic E-state index is 11.5. The van der Waals surface area contributed by atoms with Crippen LogP contribution in [0.5, 0.6) is 0 Å². The lowest BCUT2D eigenvalue weighted by atomic mass is 9.90. The minimum atomic E-state index is -1.89. The molecular formula is C13H24O8. The van der Waals surface area contributed by atoms with Crippen molar-refractivity contribution in [1.82, 2.24) is 0 Å². The molecule has 0 radical (unpaired) electrons. The molecule has 1 saturated heterocycles. The van der Waals surface area contributed by atoms with Gasteiger partial charge in [0, 0.05) is 28.4 Å². The van der Waals surface area contributed by atoms with E-state index in [1.165, 1.54) is 35.5 Å². The first kappa shape index (κ1) is 18.3. The molecule has 0 aromatic heterocycles. The Labute approximate surface area is 124 Å². The molecule has 0 unspecified atom stereocenters. The van der Waals surface area contributed by atoms with E-state index >= 15 is 0 Å². The van der Waals surface area contributed by atoms with Gasteiger partial charge in [-0.2, -0.15) is 0 Å². The number of esters is 1. The van der Waals surface area contributed by atoms with Gasteiger partial charge in [-0.1, -0.05) is 0 Å². The monoisotopic (exact) mass is 308 g/mol. The van der Waals surface area contributed by atoms with Crippen LogP contribution in [0.4, 0.5) is 0 Å². The summed E-state index contributed by atoms with van der Waals surface area (Å²) < 4.78 is 31.3. The van der Waals surface area contributed by atoms with E-state index in [2.05, 4.69) is 4.74 Å². The maximum Gasteiger partial charge on any atom is 0.311 e. The van der Waals surface area contributed by atoms with E-state index in [1.54, 1.807) is 0 Å². The minimum absolute atomic E-state index is 0.165. The largest absolute Gasteiger partial charge is 0.469 e. The van der Waals surface area contributed by atoms with Crippen LogP contribution in [0.2, 0.25) is 0 Å². The van der Waals surface area contributed by atoms with E-state index in [0.717, 1.165) is 0 Å². The van der Waals surface area contributed by atoms with Gasteiger partial charge in [0.15, 0.2) is 0 Å². The van der Waals surface area contributed by atoms with Gasteiger partial charge in [0.05, 0.1) is 13.7 Å². The molecular weight excluding hydrogens is 284 g/mol. The van der Waals surface area contributed by atoms with Crippen molar-refractivity contribution in [2.24, 2.45) is 0 Å². The highest BCUT2D eigenvalue weighted by molar-refractivity contribution is 5.70. The van der Waals surface area contributed by atoms with Crippen molar-refractivity contribution in [3.05, 3.63) is 0 Å². The zero-order valence-corrected chi connectivity index (χ0v) is 13.0. The first-order chi connectivity index (χ1) is 9.97. The maximum absolute atomic E-state index is 11.5. The summed E-state index contributed by atoms with van der Waals surface area (Å²) >= 11 is 0. The summed E-state index contributed by atoms with van der Waals surface area (Å²) in [6.07, 6.45) is -3.08. The summed E-state index contributed by atoms with van der Waals surface area (Å²) in [5.74, 6) is -2.51. The number of hydrogen-bond donors (Lipinski definition) is 1. The van der Waals surface area contributed by atoms with Crippen LogP contribution in [0.15, 0.2) is 0 Å². The van der Waals surface area contributed by atoms with Gasteiger partial charge in [-0.05, 0) is 0 Å². The molecule has 1 aliphatic rings. The Morgan fingerprint density at radius 2 is 1.71 bits per heavy atom. The average molecular weight is 308 g/mol. The SMILES string of the molecule is COC[C@H]1O[C@@](O)(CC(=O)OC)[C@H](OC)[C@@H](OC)[C@@H]1OC. The molecule has 5 atom stereocenters. The lowest BCUT2D eigenvalue weighted by Crippen LogP contribution is -2.67. The first-order valence-corrected chi connectivity index (χ1v) is 6.51. The van der Waals surface area contributed by atoms with Crippen LogP contribution in [0, 0.1) is 0 Å². The Hall–Kier alpha value is -0.770. The van der Waals surface area contributed by atoms with Gasteiger partial charge in [0.2, 0.25) is 5.79 Å². The van der Waals surface area contributed by atoms with Crippen LogP contribution in [0.3, 0.4) is 0 Å². The third-order valence-electron chi connectivity index (χ3n) is 3.54. The number of ether oxygens (including phenoxy) is 6. The fourth-order valence-electron chi connectivity index (χ4n) is 2.61. The molecule has 0 aromatic carbocycles. The number of aliphatic hydroxyl groups is 1. The smallest absolute Gasteiger partial charge is 0.311 e. The molecule has 8 heteroatoms. The lowest BCUT2D eigenvalue weighted by molar-refractivity contribution is -0.358. The van der Waals surface area contributed by atoms with Crippen molar-refractivity contribution >= 4 is 5.97 Å². The third-order valence-corrected chi connectivity index (χ3v) is 3.54. The van der Waals surface area contributed by atoms with Crippen molar-refractivity contribution in [2.45, 2.75) is 36.6 Å². The Balaban J connectivity index is 3.08. The number of hydrogen-bond acceptors (Lipinski definition) is 8. The topological polar surface area (TPSA) is 92.7 Å². The fourth-order valence-corrected chi connectivity index (χ4v) is 2.61. The quantitative estimate of drug-likeness (QED) is 0.619. The van der Waals surface area contributed by atoms with E-state index in [0.29, 0.717) is 0 Å². The summed E-state index contributed by atoms with van der Waals surface area (Å²) in [5, 5.41) is 10.7. The second kappa shape index (κ2) is 8.02. The van der Waals surface area contributed by atoms with Crippen molar-refractivity contribution in [1.29, 1.82) is 0 Å². The molecule has 1 aliphatic heterocycles. The van der Waals surface area contributed by atoms with E-state index in [1.807, 2.05) is 0 Å². The Morgan fingerprint density at radius 3 is 2.14 bits per heavy atom. The molecule has 0 bridgehead atoms. The van der Waals surface area contributed by atoms with Crippen LogP contribution in [-0.4, -0.2) is 83.4 Å². The molecule has 1 fully saturated rings. The molecule has 124 valence electrons. The Kier molecular flexibility index (Phi) is 6.98. The normalized spacial score (nSPS) is 36.5. The molecule has 1 N–H and O–H groups in total. The lowest BCUT2D eigenvalue weighted by Gasteiger charge is -2.48. The van der Waals surface area contributed by atoms with Crippen molar-refractivity contribution in [2.75, 3.05) is 42.2 Å². The zero-order valence-electron chi connectivity index (χ0n) is 13.0. The van der Waals surface area contributed by atoms with Crippen LogP contribution >= 0.6 is 0 Å². The van der Waals surface area contributed by atoms with E-state index < -0.39 is 42.6 Å². The van der Waals surface area contributed by atoms with Gasteiger partial charge in [0.1, 0.15) is 30.8 Å². The Bertz CT molecular complexity index is 336. The highest BCUT2D eigenvalue weighted by Crippen LogP contribution is 2.35. The molecule has 0 spiro atoms. The molecule has 21 heavy (non-hydrogen) atoms. The van der Waals surface area contributed by atoms with Gasteiger partial charge in [-0.25, -0.2) is 0 Å². The van der Waals surface area contributed by atoms with E-state index in [-0.39, 0.29) is 6.61 Å². The summed E-state index contributed by atoms with van der Waals surface area (Å²) in [4.78, 5) is 11.5. The molecule has 0 saturated carbocycles. The fraction of sp³-hybridized carbons (Fsp3) is 0.923. The van der Waals surface area contributed by atoms with Crippen LogP contribution in [-0.2, 0) is 33.2 Å². The second-order valence-corrected chi connectivity index (χ2v) is 4.77. The highest BCUT2D eigenvalue weighted by Gasteiger charge is 2.56. The highest BCUT2D eigenvalue weighted by atomic mass is 16.7. The molecule has 0 amide bonds. The van der Waals surface area contributed by atoms with Crippen LogP contribution in [0.25, 0.3) is 0 Å². The first-order valence-electron chi connectivity index (χ1n) is 6.51. The Morgan fingerprint density at radius 1 is 1.10 bits per heavy atom. The van der Waals surface area contributed by atoms with Crippen LogP contribution < -0.4 is 0 Å². The van der Waals surface area contributed by atoms with Gasteiger partial charge in [0.25, 0.3) is 0 Å². The summed E-state index contributed by atoms with van der Waals surface area (Å²) in [6.45, 7) is 0.165. The second-order valence-electron chi connectivity index (χ2n) is 4.77. The van der Waals surface area contributed by atoms with Crippen LogP contribution in [0.1, 0.15) is 6.42 Å². The summed E-state index contributed by atoms with van der Waals surface area (Å²) in [7, 11) is 7.09. The van der Waals surface area contributed by atoms with E-state index in [9.17, 15) is 9.90 Å². The predicted molar refractivity (Wildman–Crippen MR) is 70.7 cm³/mol. The number of carbonyl (C=O) groups excluding carboxylic acids is 1. The average Bonchev–Trinajstić information content (AvgIpc) is 2.46. The summed E-state index contributed by atoms with van der Waals surface area (Å²) in [6, 6.07) is 0. The molecule has 1 heterocycles. The zero-order chi connectivity index (χ0) is 16.0. The number of carbonyl (C=O) groups is 1. The van der Waals surface area contributed by atoms with E-state index in [4.69, 9.17) is 23.7 Å². The standard InChI is InChI=1S/C13H24O8/c1-16-7-8-10(18-3)11(19-4)12(20-5)13(15,21-8)6-9(14)17-2/h8,10-12,15H,6-7H2,1-5H3/t8-,10-,11+,12-,13+/m1/s1. The van der Waals surface area contributed by atoms with Gasteiger partial charge < -0.3 is 33.5 Å². The number of rotatable bonds is 7. The van der Waals surface area contributed by atoms with Gasteiger partial charge in [-0.15, -0.1) is 0 Å². The van der Waals surface area contributed by atoms with Crippen molar-refractivity contribution < 1.29 is 38.3 Å². The van der Waals surface area contributed by atoms with Gasteiger partial charge >= 0.3 is 5.97 Å². The molecule has 8 nitrogen and oxygen atoms in total. The minimum Gasteiger partial charge on any atom is -0.469 e. The predicted octanol–water partition coefficient (Wildman–Crippen LogP) is -0.672. The molecule has 1 rings (SSSR count). The van der Waals surface area contributed by atoms with Gasteiger partial charge in [-0.3, -0.25) is 4.79 Å². The molecule has 0 aliphatic carbocycles. The number of methoxy groups -OCH3 is 5. The summed E-state index contributed by atoms with van der Waals surface area (Å²) in [5.41, 5.74) is 0. The third kappa shape index (κ3) is 3.91. The van der Waals surface area contributed by atoms with Crippen molar-refractivity contribution in [3.63, 3.8) is 0 Å². The van der Waals surface area contributed by atoms with Crippen molar-refractivity contribution in [3.8, 4) is 0 Å².